The summed E-state index contributed by atoms with van der Waals surface area (Å²) in [4.78, 5) is 19.0. The van der Waals surface area contributed by atoms with Crippen molar-refractivity contribution in [3.05, 3.63) is 38.7 Å². The molecule has 0 bridgehead atoms. The maximum atomic E-state index is 9.75. The molecule has 0 saturated heterocycles. The SMILES string of the molecule is C=C.C=CC(=O)O.C=COC(C)=O. The number of ether oxygens (including phenoxy) is 1. The molecular weight excluding hydrogens is 172 g/mol. The van der Waals surface area contributed by atoms with Crippen molar-refractivity contribution >= 4 is 11.9 Å². The minimum Gasteiger partial charge on any atom is -0.478 e. The Hall–Kier alpha value is -1.84. The number of hydrogen-bond acceptors (Lipinski definition) is 3. The van der Waals surface area contributed by atoms with Crippen molar-refractivity contribution in [2.75, 3.05) is 0 Å². The van der Waals surface area contributed by atoms with E-state index in [9.17, 15) is 9.59 Å². The lowest BCUT2D eigenvalue weighted by Gasteiger charge is -1.83. The molecule has 0 aliphatic heterocycles. The van der Waals surface area contributed by atoms with Crippen molar-refractivity contribution in [3.8, 4) is 0 Å². The van der Waals surface area contributed by atoms with E-state index in [0.717, 1.165) is 12.3 Å². The van der Waals surface area contributed by atoms with E-state index in [0.29, 0.717) is 0 Å². The van der Waals surface area contributed by atoms with Crippen LogP contribution in [0.3, 0.4) is 0 Å². The second-order valence-electron chi connectivity index (χ2n) is 1.32. The van der Waals surface area contributed by atoms with Crippen LogP contribution in [0.1, 0.15) is 6.92 Å². The second kappa shape index (κ2) is 16.6. The Bertz CT molecular complexity index is 172. The molecule has 0 spiro atoms. The third-order valence-corrected chi connectivity index (χ3v) is 0.424. The van der Waals surface area contributed by atoms with Crippen LogP contribution in [0.4, 0.5) is 0 Å². The highest BCUT2D eigenvalue weighted by atomic mass is 16.5. The van der Waals surface area contributed by atoms with Crippen LogP contribution in [0.15, 0.2) is 38.7 Å². The largest absolute Gasteiger partial charge is 0.478 e. The lowest BCUT2D eigenvalue weighted by molar-refractivity contribution is -0.135. The molecule has 0 rings (SSSR count). The first-order valence-corrected chi connectivity index (χ1v) is 3.18. The van der Waals surface area contributed by atoms with E-state index in [-0.39, 0.29) is 5.97 Å². The van der Waals surface area contributed by atoms with Gasteiger partial charge in [0.1, 0.15) is 0 Å². The molecule has 0 amide bonds. The van der Waals surface area contributed by atoms with E-state index in [4.69, 9.17) is 5.11 Å². The van der Waals surface area contributed by atoms with Crippen molar-refractivity contribution in [2.45, 2.75) is 6.92 Å². The quantitative estimate of drug-likeness (QED) is 0.309. The van der Waals surface area contributed by atoms with Gasteiger partial charge < -0.3 is 9.84 Å². The van der Waals surface area contributed by atoms with Gasteiger partial charge in [-0.2, -0.15) is 0 Å². The van der Waals surface area contributed by atoms with Gasteiger partial charge in [0.15, 0.2) is 0 Å². The number of hydrogen-bond donors (Lipinski definition) is 1. The molecule has 0 aromatic rings. The summed E-state index contributed by atoms with van der Waals surface area (Å²) in [5.41, 5.74) is 0. The van der Waals surface area contributed by atoms with E-state index in [1.807, 2.05) is 0 Å². The smallest absolute Gasteiger partial charge is 0.327 e. The zero-order valence-corrected chi connectivity index (χ0v) is 7.66. The number of carboxylic acids is 1. The highest BCUT2D eigenvalue weighted by Crippen LogP contribution is 1.70. The van der Waals surface area contributed by atoms with Crippen LogP contribution in [-0.4, -0.2) is 17.0 Å². The molecule has 4 heteroatoms. The number of aliphatic carboxylic acids is 1. The van der Waals surface area contributed by atoms with Gasteiger partial charge in [-0.1, -0.05) is 13.2 Å². The summed E-state index contributed by atoms with van der Waals surface area (Å²) in [7, 11) is 0. The summed E-state index contributed by atoms with van der Waals surface area (Å²) in [6.45, 7) is 13.4. The van der Waals surface area contributed by atoms with Crippen LogP contribution in [-0.2, 0) is 14.3 Å². The van der Waals surface area contributed by atoms with Crippen molar-refractivity contribution in [1.82, 2.24) is 0 Å². The van der Waals surface area contributed by atoms with Crippen LogP contribution >= 0.6 is 0 Å². The molecular formula is C9H14O4. The van der Waals surface area contributed by atoms with Crippen LogP contribution in [0, 0.1) is 0 Å². The van der Waals surface area contributed by atoms with Gasteiger partial charge in [-0.05, 0) is 0 Å². The van der Waals surface area contributed by atoms with Gasteiger partial charge in [-0.3, -0.25) is 4.79 Å². The highest BCUT2D eigenvalue weighted by molar-refractivity contribution is 5.78. The zero-order chi connectivity index (χ0) is 11.3. The summed E-state index contributed by atoms with van der Waals surface area (Å²) in [6.07, 6.45) is 1.93. The summed E-state index contributed by atoms with van der Waals surface area (Å²) in [5.74, 6) is -1.31. The molecule has 0 unspecified atom stereocenters. The number of rotatable bonds is 2. The molecule has 0 atom stereocenters. The third-order valence-electron chi connectivity index (χ3n) is 0.424. The molecule has 0 saturated carbocycles. The standard InChI is InChI=1S/C4H6O2.C3H4O2.C2H4/c1-3-6-4(2)5;1-2-3(4)5;1-2/h3H,1H2,2H3;2H,1H2,(H,4,5);1-2H2. The van der Waals surface area contributed by atoms with Gasteiger partial charge in [0.25, 0.3) is 0 Å². The summed E-state index contributed by atoms with van der Waals surface area (Å²) in [5, 5.41) is 7.60. The first-order valence-electron chi connectivity index (χ1n) is 3.18. The van der Waals surface area contributed by atoms with Gasteiger partial charge in [0.05, 0.1) is 6.26 Å². The highest BCUT2D eigenvalue weighted by Gasteiger charge is 1.79. The molecule has 13 heavy (non-hydrogen) atoms. The van der Waals surface area contributed by atoms with Crippen molar-refractivity contribution < 1.29 is 19.4 Å². The summed E-state index contributed by atoms with van der Waals surface area (Å²) >= 11 is 0. The van der Waals surface area contributed by atoms with Crippen LogP contribution < -0.4 is 0 Å². The third kappa shape index (κ3) is 67.7. The molecule has 0 heterocycles. The monoisotopic (exact) mass is 186 g/mol. The van der Waals surface area contributed by atoms with Crippen molar-refractivity contribution in [2.24, 2.45) is 0 Å². The first kappa shape index (κ1) is 17.3. The van der Waals surface area contributed by atoms with E-state index in [2.05, 4.69) is 31.1 Å². The molecule has 0 radical (unpaired) electrons. The Morgan fingerprint density at radius 3 is 1.62 bits per heavy atom. The van der Waals surface area contributed by atoms with Crippen molar-refractivity contribution in [3.63, 3.8) is 0 Å². The zero-order valence-electron chi connectivity index (χ0n) is 7.66. The van der Waals surface area contributed by atoms with Gasteiger partial charge >= 0.3 is 11.9 Å². The Morgan fingerprint density at radius 1 is 1.31 bits per heavy atom. The average molecular weight is 186 g/mol. The molecule has 0 aromatic carbocycles. The number of carboxylic acid groups (broad SMARTS) is 1. The number of esters is 1. The van der Waals surface area contributed by atoms with Crippen LogP contribution in [0.2, 0.25) is 0 Å². The van der Waals surface area contributed by atoms with E-state index in [1.54, 1.807) is 0 Å². The molecule has 0 aliphatic rings. The lowest BCUT2D eigenvalue weighted by Crippen LogP contribution is -1.87. The predicted molar refractivity (Wildman–Crippen MR) is 51.0 cm³/mol. The number of carbonyl (C=O) groups excluding carboxylic acids is 1. The molecule has 74 valence electrons. The molecule has 0 aromatic heterocycles. The van der Waals surface area contributed by atoms with Crippen LogP contribution in [0.5, 0.6) is 0 Å². The topological polar surface area (TPSA) is 63.6 Å². The fraction of sp³-hybridized carbons (Fsp3) is 0.111. The minimum absolute atomic E-state index is 0.329. The number of carbonyl (C=O) groups is 2. The Balaban J connectivity index is -0.000000131. The van der Waals surface area contributed by atoms with Gasteiger partial charge in [-0.15, -0.1) is 13.2 Å². The molecule has 1 N–H and O–H groups in total. The fourth-order valence-electron chi connectivity index (χ4n) is 0.117. The van der Waals surface area contributed by atoms with Crippen molar-refractivity contribution in [1.29, 1.82) is 0 Å². The minimum atomic E-state index is -0.981. The van der Waals surface area contributed by atoms with E-state index in [1.165, 1.54) is 6.92 Å². The maximum absolute atomic E-state index is 9.75. The fourth-order valence-corrected chi connectivity index (χ4v) is 0.117. The average Bonchev–Trinajstić information content (AvgIpc) is 2.09. The normalized spacial score (nSPS) is 5.92. The Labute approximate surface area is 77.8 Å². The Kier molecular flexibility index (Phi) is 22.1. The molecule has 0 aliphatic carbocycles. The van der Waals surface area contributed by atoms with E-state index < -0.39 is 5.97 Å². The van der Waals surface area contributed by atoms with E-state index >= 15 is 0 Å². The second-order valence-corrected chi connectivity index (χ2v) is 1.32. The van der Waals surface area contributed by atoms with Gasteiger partial charge in [0.2, 0.25) is 0 Å². The summed E-state index contributed by atoms with van der Waals surface area (Å²) < 4.78 is 4.17. The molecule has 0 fully saturated rings. The predicted octanol–water partition coefficient (Wildman–Crippen LogP) is 1.75. The van der Waals surface area contributed by atoms with Gasteiger partial charge in [-0.25, -0.2) is 4.79 Å². The maximum Gasteiger partial charge on any atom is 0.327 e. The molecule has 4 nitrogen and oxygen atoms in total. The Morgan fingerprint density at radius 2 is 1.62 bits per heavy atom. The lowest BCUT2D eigenvalue weighted by atomic mass is 10.7. The van der Waals surface area contributed by atoms with Gasteiger partial charge in [0, 0.05) is 13.0 Å². The summed E-state index contributed by atoms with van der Waals surface area (Å²) in [6, 6.07) is 0. The first-order chi connectivity index (χ1) is 6.04. The van der Waals surface area contributed by atoms with Crippen LogP contribution in [0.25, 0.3) is 0 Å².